The fourth-order valence-electron chi connectivity index (χ4n) is 4.00. The van der Waals surface area contributed by atoms with E-state index >= 15 is 0 Å². The zero-order valence-corrected chi connectivity index (χ0v) is 17.1. The summed E-state index contributed by atoms with van der Waals surface area (Å²) in [5, 5.41) is 0.679. The lowest BCUT2D eigenvalue weighted by molar-refractivity contribution is 0.403. The maximum absolute atomic E-state index is 14.9. The van der Waals surface area contributed by atoms with E-state index in [0.29, 0.717) is 34.2 Å². The standard InChI is InChI=1S/C20H20FN7O3/c1-27-15-8-23-13-5-16(30-2)10(14-7-24-26-25-14)4-11(13)18(15)28(20(27)29)19-12(21)6-22-9-17(19)31-3/h4-6,8-9,14,24-26H,7H2,1-3H3. The normalized spacial score (nSPS) is 16.3. The molecule has 31 heavy (non-hydrogen) atoms. The molecule has 0 saturated carbocycles. The summed E-state index contributed by atoms with van der Waals surface area (Å²) in [5.41, 5.74) is 11.1. The summed E-state index contributed by atoms with van der Waals surface area (Å²) in [7, 11) is 4.62. The number of methoxy groups -OCH3 is 2. The van der Waals surface area contributed by atoms with Crippen molar-refractivity contribution in [3.63, 3.8) is 0 Å². The van der Waals surface area contributed by atoms with Gasteiger partial charge in [0.15, 0.2) is 11.6 Å². The topological polar surface area (TPSA) is 107 Å². The Kier molecular flexibility index (Phi) is 4.58. The van der Waals surface area contributed by atoms with Crippen LogP contribution in [0.2, 0.25) is 0 Å². The number of rotatable bonds is 4. The number of pyridine rings is 2. The number of benzene rings is 1. The van der Waals surface area contributed by atoms with Crippen LogP contribution in [0.15, 0.2) is 35.5 Å². The third-order valence-electron chi connectivity index (χ3n) is 5.53. The van der Waals surface area contributed by atoms with Crippen molar-refractivity contribution in [2.45, 2.75) is 6.04 Å². The molecular weight excluding hydrogens is 405 g/mol. The molecule has 1 unspecified atom stereocenters. The molecule has 1 aliphatic heterocycles. The second-order valence-electron chi connectivity index (χ2n) is 7.16. The molecule has 3 aromatic heterocycles. The summed E-state index contributed by atoms with van der Waals surface area (Å²) in [6, 6.07) is 3.65. The lowest BCUT2D eigenvalue weighted by Gasteiger charge is -2.16. The predicted octanol–water partition coefficient (Wildman–Crippen LogP) is 1.08. The Bertz CT molecular complexity index is 1380. The van der Waals surface area contributed by atoms with Crippen LogP contribution in [0.4, 0.5) is 4.39 Å². The first-order valence-electron chi connectivity index (χ1n) is 9.54. The van der Waals surface area contributed by atoms with Crippen LogP contribution in [-0.2, 0) is 7.05 Å². The fourth-order valence-corrected chi connectivity index (χ4v) is 4.00. The molecule has 1 fully saturated rings. The number of nitrogens with zero attached hydrogens (tertiary/aromatic N) is 4. The Balaban J connectivity index is 1.92. The molecule has 1 atom stereocenters. The molecule has 0 aliphatic carbocycles. The number of ether oxygens (including phenoxy) is 2. The molecule has 1 saturated heterocycles. The van der Waals surface area contributed by atoms with Gasteiger partial charge in [-0.3, -0.25) is 19.1 Å². The Morgan fingerprint density at radius 1 is 1.16 bits per heavy atom. The quantitative estimate of drug-likeness (QED) is 0.446. The van der Waals surface area contributed by atoms with E-state index in [9.17, 15) is 9.18 Å². The largest absolute Gasteiger partial charge is 0.496 e. The molecule has 0 bridgehead atoms. The van der Waals surface area contributed by atoms with Gasteiger partial charge in [-0.2, -0.15) is 5.53 Å². The van der Waals surface area contributed by atoms with E-state index in [1.54, 1.807) is 20.4 Å². The van der Waals surface area contributed by atoms with Crippen LogP contribution in [0.5, 0.6) is 11.5 Å². The number of hydrogen-bond acceptors (Lipinski definition) is 8. The van der Waals surface area contributed by atoms with Crippen molar-refractivity contribution in [1.29, 1.82) is 0 Å². The molecular formula is C20H20FN7O3. The Morgan fingerprint density at radius 3 is 2.68 bits per heavy atom. The highest BCUT2D eigenvalue weighted by Crippen LogP contribution is 2.35. The zero-order valence-electron chi connectivity index (χ0n) is 17.1. The smallest absolute Gasteiger partial charge is 0.333 e. The predicted molar refractivity (Wildman–Crippen MR) is 112 cm³/mol. The number of hydrazine groups is 2. The summed E-state index contributed by atoms with van der Waals surface area (Å²) in [6.45, 7) is 0.625. The first-order valence-corrected chi connectivity index (χ1v) is 9.54. The zero-order chi connectivity index (χ0) is 21.7. The van der Waals surface area contributed by atoms with Crippen LogP contribution in [0, 0.1) is 5.82 Å². The van der Waals surface area contributed by atoms with Crippen molar-refractivity contribution < 1.29 is 13.9 Å². The first kappa shape index (κ1) is 19.4. The van der Waals surface area contributed by atoms with E-state index < -0.39 is 11.5 Å². The van der Waals surface area contributed by atoms with Gasteiger partial charge in [-0.15, -0.1) is 0 Å². The third-order valence-corrected chi connectivity index (χ3v) is 5.53. The van der Waals surface area contributed by atoms with Gasteiger partial charge in [-0.05, 0) is 6.07 Å². The SMILES string of the molecule is COc1cc2ncc3c(c2cc1C1CNNN1)n(-c1c(F)cncc1OC)c(=O)n3C. The third kappa shape index (κ3) is 2.86. The highest BCUT2D eigenvalue weighted by Gasteiger charge is 2.25. The van der Waals surface area contributed by atoms with Crippen LogP contribution in [0.25, 0.3) is 27.6 Å². The van der Waals surface area contributed by atoms with E-state index in [1.807, 2.05) is 12.1 Å². The lowest BCUT2D eigenvalue weighted by atomic mass is 10.0. The van der Waals surface area contributed by atoms with E-state index in [-0.39, 0.29) is 17.5 Å². The molecule has 0 radical (unpaired) electrons. The Labute approximate surface area is 175 Å². The van der Waals surface area contributed by atoms with Gasteiger partial charge in [0.1, 0.15) is 11.4 Å². The number of halogens is 1. The van der Waals surface area contributed by atoms with Crippen LogP contribution >= 0.6 is 0 Å². The van der Waals surface area contributed by atoms with Gasteiger partial charge < -0.3 is 9.47 Å². The number of aromatic nitrogens is 4. The molecule has 4 aromatic rings. The number of aryl methyl sites for hydroxylation is 1. The number of hydrogen-bond donors (Lipinski definition) is 3. The van der Waals surface area contributed by atoms with Gasteiger partial charge in [-0.1, -0.05) is 0 Å². The summed E-state index contributed by atoms with van der Waals surface area (Å²) in [5.74, 6) is 0.137. The van der Waals surface area contributed by atoms with Crippen molar-refractivity contribution >= 4 is 21.9 Å². The highest BCUT2D eigenvalue weighted by atomic mass is 19.1. The molecule has 10 nitrogen and oxygen atoms in total. The molecule has 160 valence electrons. The van der Waals surface area contributed by atoms with Crippen molar-refractivity contribution in [3.8, 4) is 17.2 Å². The van der Waals surface area contributed by atoms with Crippen LogP contribution in [0.3, 0.4) is 0 Å². The van der Waals surface area contributed by atoms with Crippen LogP contribution in [-0.4, -0.2) is 39.9 Å². The molecule has 0 spiro atoms. The van der Waals surface area contributed by atoms with E-state index in [0.717, 1.165) is 11.8 Å². The number of nitrogens with one attached hydrogen (secondary N) is 3. The highest BCUT2D eigenvalue weighted by molar-refractivity contribution is 6.04. The molecule has 3 N–H and O–H groups in total. The van der Waals surface area contributed by atoms with Crippen molar-refractivity contribution in [3.05, 3.63) is 52.6 Å². The second kappa shape index (κ2) is 7.30. The maximum atomic E-state index is 14.9. The molecule has 0 amide bonds. The first-order chi connectivity index (χ1) is 15.0. The summed E-state index contributed by atoms with van der Waals surface area (Å²) < 4.78 is 28.5. The van der Waals surface area contributed by atoms with Crippen molar-refractivity contribution in [2.24, 2.45) is 7.05 Å². The fraction of sp³-hybridized carbons (Fsp3) is 0.250. The van der Waals surface area contributed by atoms with Gasteiger partial charge in [0, 0.05) is 30.6 Å². The molecule has 4 heterocycles. The molecule has 1 aromatic carbocycles. The van der Waals surface area contributed by atoms with Gasteiger partial charge in [0.25, 0.3) is 0 Å². The van der Waals surface area contributed by atoms with Crippen LogP contribution < -0.4 is 31.5 Å². The Hall–Kier alpha value is -3.54. The average molecular weight is 425 g/mol. The van der Waals surface area contributed by atoms with Crippen molar-refractivity contribution in [1.82, 2.24) is 35.5 Å². The molecule has 5 rings (SSSR count). The Morgan fingerprint density at radius 2 is 1.97 bits per heavy atom. The van der Waals surface area contributed by atoms with Gasteiger partial charge in [0.05, 0.1) is 55.4 Å². The lowest BCUT2D eigenvalue weighted by Crippen LogP contribution is -2.30. The number of fused-ring (bicyclic) bond motifs is 3. The van der Waals surface area contributed by atoms with Gasteiger partial charge in [0.2, 0.25) is 0 Å². The number of imidazole rings is 1. The average Bonchev–Trinajstić information content (AvgIpc) is 3.40. The maximum Gasteiger partial charge on any atom is 0.333 e. The minimum absolute atomic E-state index is 0.000271. The minimum Gasteiger partial charge on any atom is -0.496 e. The molecule has 11 heteroatoms. The summed E-state index contributed by atoms with van der Waals surface area (Å²) in [4.78, 5) is 21.6. The monoisotopic (exact) mass is 425 g/mol. The minimum atomic E-state index is -0.668. The van der Waals surface area contributed by atoms with E-state index in [2.05, 4.69) is 26.4 Å². The van der Waals surface area contributed by atoms with E-state index in [4.69, 9.17) is 9.47 Å². The van der Waals surface area contributed by atoms with Crippen LogP contribution in [0.1, 0.15) is 11.6 Å². The van der Waals surface area contributed by atoms with E-state index in [1.165, 1.54) is 22.4 Å². The summed E-state index contributed by atoms with van der Waals surface area (Å²) in [6.07, 6.45) is 4.03. The molecule has 1 aliphatic rings. The van der Waals surface area contributed by atoms with Crippen molar-refractivity contribution in [2.75, 3.05) is 20.8 Å². The van der Waals surface area contributed by atoms with Gasteiger partial charge >= 0.3 is 5.69 Å². The second-order valence-corrected chi connectivity index (χ2v) is 7.16. The van der Waals surface area contributed by atoms with Gasteiger partial charge in [-0.25, -0.2) is 20.0 Å². The summed E-state index contributed by atoms with van der Waals surface area (Å²) >= 11 is 0.